The van der Waals surface area contributed by atoms with E-state index in [0.29, 0.717) is 5.69 Å². The van der Waals surface area contributed by atoms with Gasteiger partial charge in [0.1, 0.15) is 5.69 Å². The molecule has 0 saturated heterocycles. The first kappa shape index (κ1) is 18.1. The summed E-state index contributed by atoms with van der Waals surface area (Å²) in [4.78, 5) is 43.7. The van der Waals surface area contributed by atoms with Crippen molar-refractivity contribution in [1.82, 2.24) is 14.9 Å². The second-order valence-electron chi connectivity index (χ2n) is 5.31. The van der Waals surface area contributed by atoms with E-state index in [2.05, 4.69) is 15.3 Å². The van der Waals surface area contributed by atoms with Gasteiger partial charge in [0.25, 0.3) is 5.91 Å². The molecule has 1 aromatic heterocycles. The zero-order valence-electron chi connectivity index (χ0n) is 13.9. The standard InChI is InChI=1S/C17H18N4O4/c1-3-11-6-4-5-7-12(11)20-15(22)10-21(2)16(23)13-8-19-14(9-18-13)17(24)25/h4-9H,3,10H2,1-2H3,(H,20,22)(H,24,25). The highest BCUT2D eigenvalue weighted by atomic mass is 16.4. The number of carboxylic acids is 1. The maximum atomic E-state index is 12.2. The Balaban J connectivity index is 2.00. The summed E-state index contributed by atoms with van der Waals surface area (Å²) in [7, 11) is 1.46. The van der Waals surface area contributed by atoms with Gasteiger partial charge < -0.3 is 15.3 Å². The third-order valence-corrected chi connectivity index (χ3v) is 3.49. The van der Waals surface area contributed by atoms with Gasteiger partial charge in [0.2, 0.25) is 5.91 Å². The lowest BCUT2D eigenvalue weighted by Crippen LogP contribution is -2.35. The van der Waals surface area contributed by atoms with Crippen LogP contribution in [0, 0.1) is 0 Å². The van der Waals surface area contributed by atoms with E-state index in [1.807, 2.05) is 25.1 Å². The Bertz CT molecular complexity index is 789. The van der Waals surface area contributed by atoms with Gasteiger partial charge in [-0.25, -0.2) is 14.8 Å². The van der Waals surface area contributed by atoms with E-state index >= 15 is 0 Å². The molecule has 0 bridgehead atoms. The number of nitrogens with zero attached hydrogens (tertiary/aromatic N) is 3. The minimum absolute atomic E-state index is 0.0331. The van der Waals surface area contributed by atoms with Crippen molar-refractivity contribution in [2.24, 2.45) is 0 Å². The monoisotopic (exact) mass is 342 g/mol. The van der Waals surface area contributed by atoms with Gasteiger partial charge in [0.15, 0.2) is 5.69 Å². The van der Waals surface area contributed by atoms with Crippen molar-refractivity contribution in [3.8, 4) is 0 Å². The maximum absolute atomic E-state index is 12.2. The summed E-state index contributed by atoms with van der Waals surface area (Å²) in [6.07, 6.45) is 2.85. The summed E-state index contributed by atoms with van der Waals surface area (Å²) in [6.45, 7) is 1.82. The van der Waals surface area contributed by atoms with Crippen molar-refractivity contribution in [3.05, 3.63) is 53.6 Å². The fourth-order valence-corrected chi connectivity index (χ4v) is 2.17. The molecule has 0 aliphatic rings. The van der Waals surface area contributed by atoms with Crippen LogP contribution in [0.5, 0.6) is 0 Å². The average Bonchev–Trinajstić information content (AvgIpc) is 2.61. The third-order valence-electron chi connectivity index (χ3n) is 3.49. The molecule has 0 radical (unpaired) electrons. The molecule has 8 nitrogen and oxygen atoms in total. The average molecular weight is 342 g/mol. The number of aryl methyl sites for hydroxylation is 1. The van der Waals surface area contributed by atoms with Crippen LogP contribution in [0.4, 0.5) is 5.69 Å². The highest BCUT2D eigenvalue weighted by molar-refractivity contribution is 5.98. The van der Waals surface area contributed by atoms with Crippen molar-refractivity contribution >= 4 is 23.5 Å². The number of aromatic nitrogens is 2. The van der Waals surface area contributed by atoms with Gasteiger partial charge in [-0.05, 0) is 18.1 Å². The minimum atomic E-state index is -1.23. The van der Waals surface area contributed by atoms with Gasteiger partial charge in [0.05, 0.1) is 18.9 Å². The maximum Gasteiger partial charge on any atom is 0.356 e. The lowest BCUT2D eigenvalue weighted by molar-refractivity contribution is -0.116. The minimum Gasteiger partial charge on any atom is -0.476 e. The Morgan fingerprint density at radius 1 is 1.12 bits per heavy atom. The number of aromatic carboxylic acids is 1. The van der Waals surface area contributed by atoms with Crippen LogP contribution >= 0.6 is 0 Å². The van der Waals surface area contributed by atoms with Gasteiger partial charge in [-0.2, -0.15) is 0 Å². The summed E-state index contributed by atoms with van der Waals surface area (Å²) < 4.78 is 0. The van der Waals surface area contributed by atoms with Gasteiger partial charge in [0, 0.05) is 12.7 Å². The van der Waals surface area contributed by atoms with Crippen molar-refractivity contribution in [2.75, 3.05) is 18.9 Å². The smallest absolute Gasteiger partial charge is 0.356 e. The number of anilines is 1. The number of likely N-dealkylation sites (N-methyl/N-ethyl adjacent to an activating group) is 1. The number of carbonyl (C=O) groups is 3. The molecule has 8 heteroatoms. The highest BCUT2D eigenvalue weighted by Crippen LogP contribution is 2.15. The predicted molar refractivity (Wildman–Crippen MR) is 90.4 cm³/mol. The zero-order chi connectivity index (χ0) is 18.4. The van der Waals surface area contributed by atoms with Crippen molar-refractivity contribution in [1.29, 1.82) is 0 Å². The summed E-state index contributed by atoms with van der Waals surface area (Å²) >= 11 is 0. The fraction of sp³-hybridized carbons (Fsp3) is 0.235. The number of rotatable bonds is 6. The van der Waals surface area contributed by atoms with E-state index in [9.17, 15) is 14.4 Å². The topological polar surface area (TPSA) is 112 Å². The van der Waals surface area contributed by atoms with E-state index in [1.54, 1.807) is 6.07 Å². The Kier molecular flexibility index (Phi) is 5.78. The molecule has 0 spiro atoms. The van der Waals surface area contributed by atoms with E-state index in [-0.39, 0.29) is 23.8 Å². The number of para-hydroxylation sites is 1. The molecule has 25 heavy (non-hydrogen) atoms. The molecule has 1 aromatic carbocycles. The highest BCUT2D eigenvalue weighted by Gasteiger charge is 2.18. The van der Waals surface area contributed by atoms with Crippen molar-refractivity contribution < 1.29 is 19.5 Å². The Hall–Kier alpha value is -3.29. The summed E-state index contributed by atoms with van der Waals surface area (Å²) in [6, 6.07) is 7.44. The molecule has 2 aromatic rings. The number of benzene rings is 1. The van der Waals surface area contributed by atoms with E-state index in [1.165, 1.54) is 11.9 Å². The first-order chi connectivity index (χ1) is 11.9. The number of amides is 2. The zero-order valence-corrected chi connectivity index (χ0v) is 13.9. The quantitative estimate of drug-likeness (QED) is 0.821. The Morgan fingerprint density at radius 3 is 2.36 bits per heavy atom. The molecule has 0 aliphatic carbocycles. The van der Waals surface area contributed by atoms with Gasteiger partial charge in [-0.15, -0.1) is 0 Å². The van der Waals surface area contributed by atoms with Crippen LogP contribution in [0.3, 0.4) is 0 Å². The van der Waals surface area contributed by atoms with Gasteiger partial charge in [-0.1, -0.05) is 25.1 Å². The lowest BCUT2D eigenvalue weighted by atomic mass is 10.1. The van der Waals surface area contributed by atoms with Crippen LogP contribution in [0.2, 0.25) is 0 Å². The molecule has 0 atom stereocenters. The molecule has 1 heterocycles. The van der Waals surface area contributed by atoms with Crippen LogP contribution in [-0.2, 0) is 11.2 Å². The second-order valence-corrected chi connectivity index (χ2v) is 5.31. The Labute approximate surface area is 144 Å². The largest absolute Gasteiger partial charge is 0.476 e. The lowest BCUT2D eigenvalue weighted by Gasteiger charge is -2.17. The molecule has 2 amide bonds. The van der Waals surface area contributed by atoms with Crippen LogP contribution < -0.4 is 5.32 Å². The van der Waals surface area contributed by atoms with Crippen LogP contribution in [0.25, 0.3) is 0 Å². The molecule has 0 aliphatic heterocycles. The number of carboxylic acid groups (broad SMARTS) is 1. The molecular formula is C17H18N4O4. The summed E-state index contributed by atoms with van der Waals surface area (Å²) in [5.41, 5.74) is 1.42. The van der Waals surface area contributed by atoms with E-state index < -0.39 is 11.9 Å². The second kappa shape index (κ2) is 8.00. The van der Waals surface area contributed by atoms with Crippen molar-refractivity contribution in [2.45, 2.75) is 13.3 Å². The molecule has 0 unspecified atom stereocenters. The fourth-order valence-electron chi connectivity index (χ4n) is 2.17. The number of hydrogen-bond acceptors (Lipinski definition) is 5. The van der Waals surface area contributed by atoms with Crippen LogP contribution in [0.15, 0.2) is 36.7 Å². The first-order valence-electron chi connectivity index (χ1n) is 7.61. The van der Waals surface area contributed by atoms with Crippen LogP contribution in [-0.4, -0.2) is 51.4 Å². The molecule has 0 fully saturated rings. The van der Waals surface area contributed by atoms with Crippen molar-refractivity contribution in [3.63, 3.8) is 0 Å². The number of hydrogen-bond donors (Lipinski definition) is 2. The molecular weight excluding hydrogens is 324 g/mol. The summed E-state index contributed by atoms with van der Waals surface area (Å²) in [5, 5.41) is 11.6. The van der Waals surface area contributed by atoms with Gasteiger partial charge >= 0.3 is 5.97 Å². The predicted octanol–water partition coefficient (Wildman–Crippen LogP) is 1.45. The first-order valence-corrected chi connectivity index (χ1v) is 7.61. The van der Waals surface area contributed by atoms with E-state index in [0.717, 1.165) is 24.4 Å². The molecule has 2 rings (SSSR count). The van der Waals surface area contributed by atoms with Gasteiger partial charge in [-0.3, -0.25) is 9.59 Å². The number of nitrogens with one attached hydrogen (secondary N) is 1. The Morgan fingerprint density at radius 2 is 1.76 bits per heavy atom. The normalized spacial score (nSPS) is 10.2. The van der Waals surface area contributed by atoms with E-state index in [4.69, 9.17) is 5.11 Å². The molecule has 0 saturated carbocycles. The third kappa shape index (κ3) is 4.60. The number of carbonyl (C=O) groups excluding carboxylic acids is 2. The SMILES string of the molecule is CCc1ccccc1NC(=O)CN(C)C(=O)c1cnc(C(=O)O)cn1. The van der Waals surface area contributed by atoms with Crippen LogP contribution in [0.1, 0.15) is 33.5 Å². The summed E-state index contributed by atoms with van der Waals surface area (Å²) in [5.74, 6) is -2.09. The molecule has 2 N–H and O–H groups in total. The molecule has 130 valence electrons.